The first-order valence-electron chi connectivity index (χ1n) is 7.81. The van der Waals surface area contributed by atoms with Gasteiger partial charge in [-0.05, 0) is 24.2 Å². The van der Waals surface area contributed by atoms with Crippen molar-refractivity contribution in [3.8, 4) is 17.2 Å². The van der Waals surface area contributed by atoms with Crippen molar-refractivity contribution >= 4 is 0 Å². The fourth-order valence-electron chi connectivity index (χ4n) is 2.85. The molecule has 6 heteroatoms. The van der Waals surface area contributed by atoms with Gasteiger partial charge in [-0.3, -0.25) is 4.90 Å². The molecular formula is C16H24N2O4. The van der Waals surface area contributed by atoms with E-state index in [0.29, 0.717) is 5.75 Å². The van der Waals surface area contributed by atoms with Gasteiger partial charge in [0.2, 0.25) is 12.5 Å². The maximum atomic E-state index is 5.79. The number of ether oxygens (including phenoxy) is 4. The van der Waals surface area contributed by atoms with Gasteiger partial charge >= 0.3 is 0 Å². The average molecular weight is 308 g/mol. The molecule has 1 saturated heterocycles. The molecule has 0 spiro atoms. The molecule has 1 aromatic rings. The Morgan fingerprint density at radius 1 is 1.36 bits per heavy atom. The normalized spacial score (nSPS) is 21.1. The Labute approximate surface area is 131 Å². The van der Waals surface area contributed by atoms with Crippen molar-refractivity contribution in [3.63, 3.8) is 0 Å². The maximum absolute atomic E-state index is 5.79. The zero-order valence-corrected chi connectivity index (χ0v) is 13.3. The van der Waals surface area contributed by atoms with Gasteiger partial charge in [0, 0.05) is 26.2 Å². The van der Waals surface area contributed by atoms with Crippen LogP contribution in [0.1, 0.15) is 12.5 Å². The lowest BCUT2D eigenvalue weighted by Gasteiger charge is -2.32. The standard InChI is InChI=1S/C16H24N2O4/c1-3-18-4-5-20-13(10-18)9-17-8-12-6-14(19-2)16-15(7-12)21-11-22-16/h6-7,13,17H,3-5,8-11H2,1-2H3/t13-/m0/s1. The number of methoxy groups -OCH3 is 1. The Hall–Kier alpha value is -1.50. The first-order valence-corrected chi connectivity index (χ1v) is 7.81. The monoisotopic (exact) mass is 308 g/mol. The van der Waals surface area contributed by atoms with Gasteiger partial charge in [0.05, 0.1) is 19.8 Å². The van der Waals surface area contributed by atoms with E-state index in [1.807, 2.05) is 12.1 Å². The van der Waals surface area contributed by atoms with Crippen LogP contribution < -0.4 is 19.5 Å². The second kappa shape index (κ2) is 7.17. The van der Waals surface area contributed by atoms with E-state index < -0.39 is 0 Å². The van der Waals surface area contributed by atoms with E-state index in [9.17, 15) is 0 Å². The zero-order chi connectivity index (χ0) is 15.4. The molecule has 0 bridgehead atoms. The molecule has 0 radical (unpaired) electrons. The van der Waals surface area contributed by atoms with Gasteiger partial charge in [-0.15, -0.1) is 0 Å². The Morgan fingerprint density at radius 3 is 3.09 bits per heavy atom. The van der Waals surface area contributed by atoms with Crippen LogP contribution in [0.2, 0.25) is 0 Å². The number of fused-ring (bicyclic) bond motifs is 1. The molecule has 0 amide bonds. The van der Waals surface area contributed by atoms with Crippen LogP contribution in [0.5, 0.6) is 17.2 Å². The van der Waals surface area contributed by atoms with E-state index in [0.717, 1.165) is 56.4 Å². The first kappa shape index (κ1) is 15.4. The predicted molar refractivity (Wildman–Crippen MR) is 82.7 cm³/mol. The number of hydrogen-bond acceptors (Lipinski definition) is 6. The third kappa shape index (κ3) is 3.45. The molecule has 6 nitrogen and oxygen atoms in total. The minimum absolute atomic E-state index is 0.254. The molecule has 2 heterocycles. The van der Waals surface area contributed by atoms with Crippen molar-refractivity contribution in [1.29, 1.82) is 0 Å². The lowest BCUT2D eigenvalue weighted by molar-refractivity contribution is -0.0253. The molecule has 3 rings (SSSR count). The van der Waals surface area contributed by atoms with Gasteiger partial charge in [0.25, 0.3) is 0 Å². The van der Waals surface area contributed by atoms with Crippen molar-refractivity contribution in [2.45, 2.75) is 19.6 Å². The van der Waals surface area contributed by atoms with E-state index in [2.05, 4.69) is 17.1 Å². The van der Waals surface area contributed by atoms with Crippen LogP contribution in [0.4, 0.5) is 0 Å². The Morgan fingerprint density at radius 2 is 2.27 bits per heavy atom. The zero-order valence-electron chi connectivity index (χ0n) is 13.3. The molecule has 0 unspecified atom stereocenters. The molecule has 1 N–H and O–H groups in total. The van der Waals surface area contributed by atoms with Crippen molar-refractivity contribution < 1.29 is 18.9 Å². The fraction of sp³-hybridized carbons (Fsp3) is 0.625. The quantitative estimate of drug-likeness (QED) is 0.853. The molecule has 1 atom stereocenters. The van der Waals surface area contributed by atoms with Crippen LogP contribution >= 0.6 is 0 Å². The highest BCUT2D eigenvalue weighted by Crippen LogP contribution is 2.41. The summed E-state index contributed by atoms with van der Waals surface area (Å²) in [6, 6.07) is 3.98. The molecule has 0 saturated carbocycles. The Balaban J connectivity index is 1.53. The second-order valence-corrected chi connectivity index (χ2v) is 5.55. The average Bonchev–Trinajstić information content (AvgIpc) is 3.03. The van der Waals surface area contributed by atoms with Crippen LogP contribution in [-0.4, -0.2) is 57.7 Å². The van der Waals surface area contributed by atoms with Crippen LogP contribution in [0, 0.1) is 0 Å². The molecule has 2 aliphatic rings. The van der Waals surface area contributed by atoms with Crippen LogP contribution in [0.3, 0.4) is 0 Å². The third-order valence-corrected chi connectivity index (χ3v) is 4.09. The predicted octanol–water partition coefficient (Wildman–Crippen LogP) is 1.23. The second-order valence-electron chi connectivity index (χ2n) is 5.55. The number of morpholine rings is 1. The molecule has 122 valence electrons. The molecular weight excluding hydrogens is 284 g/mol. The van der Waals surface area contributed by atoms with E-state index in [-0.39, 0.29) is 12.9 Å². The lowest BCUT2D eigenvalue weighted by atomic mass is 10.1. The van der Waals surface area contributed by atoms with Gasteiger partial charge in [-0.25, -0.2) is 0 Å². The van der Waals surface area contributed by atoms with Crippen molar-refractivity contribution in [2.75, 3.05) is 46.7 Å². The number of benzene rings is 1. The molecule has 22 heavy (non-hydrogen) atoms. The van der Waals surface area contributed by atoms with Crippen LogP contribution in [0.15, 0.2) is 12.1 Å². The minimum atomic E-state index is 0.254. The summed E-state index contributed by atoms with van der Waals surface area (Å²) < 4.78 is 22.0. The SMILES string of the molecule is CCN1CCO[C@@H](CNCc2cc(OC)c3c(c2)OCO3)C1. The highest BCUT2D eigenvalue weighted by atomic mass is 16.7. The van der Waals surface area contributed by atoms with E-state index in [1.54, 1.807) is 7.11 Å². The summed E-state index contributed by atoms with van der Waals surface area (Å²) in [5.41, 5.74) is 1.12. The summed E-state index contributed by atoms with van der Waals surface area (Å²) in [6.45, 7) is 7.96. The fourth-order valence-corrected chi connectivity index (χ4v) is 2.85. The number of hydrogen-bond donors (Lipinski definition) is 1. The van der Waals surface area contributed by atoms with Crippen LogP contribution in [-0.2, 0) is 11.3 Å². The number of nitrogens with zero attached hydrogens (tertiary/aromatic N) is 1. The summed E-state index contributed by atoms with van der Waals surface area (Å²) in [4.78, 5) is 2.42. The highest BCUT2D eigenvalue weighted by molar-refractivity contribution is 5.55. The molecule has 0 aliphatic carbocycles. The molecule has 0 aromatic heterocycles. The number of rotatable bonds is 6. The largest absolute Gasteiger partial charge is 0.493 e. The van der Waals surface area contributed by atoms with E-state index in [1.165, 1.54) is 0 Å². The van der Waals surface area contributed by atoms with Gasteiger partial charge in [0.1, 0.15) is 0 Å². The summed E-state index contributed by atoms with van der Waals surface area (Å²) in [6.07, 6.45) is 0.254. The summed E-state index contributed by atoms with van der Waals surface area (Å²) >= 11 is 0. The van der Waals surface area contributed by atoms with Gasteiger partial charge in [0.15, 0.2) is 11.5 Å². The highest BCUT2D eigenvalue weighted by Gasteiger charge is 2.21. The van der Waals surface area contributed by atoms with Gasteiger partial charge < -0.3 is 24.3 Å². The van der Waals surface area contributed by atoms with Gasteiger partial charge in [-0.2, -0.15) is 0 Å². The summed E-state index contributed by atoms with van der Waals surface area (Å²) in [5, 5.41) is 3.45. The van der Waals surface area contributed by atoms with Crippen molar-refractivity contribution in [3.05, 3.63) is 17.7 Å². The van der Waals surface area contributed by atoms with E-state index >= 15 is 0 Å². The number of likely N-dealkylation sites (N-methyl/N-ethyl adjacent to an activating group) is 1. The summed E-state index contributed by atoms with van der Waals surface area (Å²) in [5.74, 6) is 2.17. The minimum Gasteiger partial charge on any atom is -0.493 e. The molecule has 2 aliphatic heterocycles. The van der Waals surface area contributed by atoms with E-state index in [4.69, 9.17) is 18.9 Å². The topological polar surface area (TPSA) is 52.2 Å². The Bertz CT molecular complexity index is 509. The maximum Gasteiger partial charge on any atom is 0.231 e. The third-order valence-electron chi connectivity index (χ3n) is 4.09. The molecule has 1 aromatic carbocycles. The Kier molecular flexibility index (Phi) is 5.02. The summed E-state index contributed by atoms with van der Waals surface area (Å²) in [7, 11) is 1.64. The smallest absolute Gasteiger partial charge is 0.231 e. The lowest BCUT2D eigenvalue weighted by Crippen LogP contribution is -2.46. The van der Waals surface area contributed by atoms with Crippen LogP contribution in [0.25, 0.3) is 0 Å². The van der Waals surface area contributed by atoms with Gasteiger partial charge in [-0.1, -0.05) is 6.92 Å². The number of nitrogens with one attached hydrogen (secondary N) is 1. The molecule has 1 fully saturated rings. The van der Waals surface area contributed by atoms with Crippen molar-refractivity contribution in [1.82, 2.24) is 10.2 Å². The van der Waals surface area contributed by atoms with Crippen molar-refractivity contribution in [2.24, 2.45) is 0 Å². The first-order chi connectivity index (χ1) is 10.8.